The van der Waals surface area contributed by atoms with Crippen LogP contribution in [0.15, 0.2) is 4.99 Å². The monoisotopic (exact) mass is 160 g/mol. The summed E-state index contributed by atoms with van der Waals surface area (Å²) in [6.45, 7) is 1.74. The highest BCUT2D eigenvalue weighted by Crippen LogP contribution is 1.94. The van der Waals surface area contributed by atoms with Crippen LogP contribution in [-0.2, 0) is 4.79 Å². The molecule has 0 aliphatic rings. The predicted octanol–water partition coefficient (Wildman–Crippen LogP) is -1.46. The van der Waals surface area contributed by atoms with Gasteiger partial charge in [0.2, 0.25) is 11.9 Å². The van der Waals surface area contributed by atoms with Crippen molar-refractivity contribution < 1.29 is 10.0 Å². The molecule has 11 heavy (non-hydrogen) atoms. The third-order valence-corrected chi connectivity index (χ3v) is 1.12. The number of nitrogens with zero attached hydrogens (tertiary/aromatic N) is 1. The van der Waals surface area contributed by atoms with E-state index in [4.69, 9.17) is 16.7 Å². The molecule has 6 nitrogen and oxygen atoms in total. The van der Waals surface area contributed by atoms with E-state index in [1.165, 1.54) is 0 Å². The molecule has 0 aromatic rings. The first-order chi connectivity index (χ1) is 5.11. The van der Waals surface area contributed by atoms with Crippen LogP contribution >= 0.6 is 0 Å². The molecule has 0 saturated carbocycles. The Morgan fingerprint density at radius 1 is 1.73 bits per heavy atom. The maximum atomic E-state index is 10.5. The summed E-state index contributed by atoms with van der Waals surface area (Å²) in [6, 6.07) is -0.672. The van der Waals surface area contributed by atoms with Crippen molar-refractivity contribution in [1.29, 1.82) is 0 Å². The molecule has 0 aliphatic carbocycles. The molecule has 0 aliphatic heterocycles. The standard InChI is InChI=1S/C5H12N4O2/c1-2-3(4(6)10)8-5(7)9-11/h3,11H,2H2,1H3,(H2,6,10)(H3,7,8,9). The number of hydroxylamine groups is 1. The minimum Gasteiger partial charge on any atom is -0.368 e. The van der Waals surface area contributed by atoms with Crippen LogP contribution in [0.4, 0.5) is 0 Å². The summed E-state index contributed by atoms with van der Waals surface area (Å²) >= 11 is 0. The van der Waals surface area contributed by atoms with Crippen LogP contribution in [0.25, 0.3) is 0 Å². The van der Waals surface area contributed by atoms with Crippen LogP contribution in [0.2, 0.25) is 0 Å². The van der Waals surface area contributed by atoms with Crippen molar-refractivity contribution in [3.05, 3.63) is 0 Å². The van der Waals surface area contributed by atoms with Crippen molar-refractivity contribution in [2.75, 3.05) is 0 Å². The van der Waals surface area contributed by atoms with Gasteiger partial charge in [-0.05, 0) is 6.42 Å². The fraction of sp³-hybridized carbons (Fsp3) is 0.600. The lowest BCUT2D eigenvalue weighted by atomic mass is 10.2. The Kier molecular flexibility index (Phi) is 3.97. The first-order valence-corrected chi connectivity index (χ1v) is 3.14. The lowest BCUT2D eigenvalue weighted by Crippen LogP contribution is -2.34. The summed E-state index contributed by atoms with van der Waals surface area (Å²) in [5.74, 6) is -0.777. The lowest BCUT2D eigenvalue weighted by molar-refractivity contribution is -0.119. The zero-order chi connectivity index (χ0) is 8.85. The molecule has 1 atom stereocenters. The molecule has 0 rings (SSSR count). The average Bonchev–Trinajstić information content (AvgIpc) is 1.99. The van der Waals surface area contributed by atoms with Gasteiger partial charge in [0.05, 0.1) is 0 Å². The van der Waals surface area contributed by atoms with E-state index in [2.05, 4.69) is 4.99 Å². The first kappa shape index (κ1) is 9.70. The second kappa shape index (κ2) is 4.51. The second-order valence-electron chi connectivity index (χ2n) is 1.95. The second-order valence-corrected chi connectivity index (χ2v) is 1.95. The Bertz CT molecular complexity index is 168. The van der Waals surface area contributed by atoms with E-state index in [1.54, 1.807) is 12.4 Å². The molecule has 1 unspecified atom stereocenters. The number of hydrogen-bond acceptors (Lipinski definition) is 3. The number of primary amides is 1. The Morgan fingerprint density at radius 2 is 2.27 bits per heavy atom. The zero-order valence-corrected chi connectivity index (χ0v) is 6.24. The van der Waals surface area contributed by atoms with Gasteiger partial charge in [-0.3, -0.25) is 10.0 Å². The number of aliphatic imine (C=N–C) groups is 1. The quantitative estimate of drug-likeness (QED) is 0.229. The molecule has 64 valence electrons. The molecule has 6 heteroatoms. The third kappa shape index (κ3) is 3.41. The zero-order valence-electron chi connectivity index (χ0n) is 6.24. The van der Waals surface area contributed by atoms with E-state index in [1.807, 2.05) is 0 Å². The minimum absolute atomic E-state index is 0.212. The van der Waals surface area contributed by atoms with Crippen LogP contribution in [0.5, 0.6) is 0 Å². The maximum Gasteiger partial charge on any atom is 0.242 e. The molecule has 0 heterocycles. The summed E-state index contributed by atoms with van der Waals surface area (Å²) in [5.41, 5.74) is 11.6. The molecule has 0 fully saturated rings. The molecule has 0 aromatic heterocycles. The molecule has 0 radical (unpaired) electrons. The van der Waals surface area contributed by atoms with Crippen molar-refractivity contribution in [3.63, 3.8) is 0 Å². The number of amides is 1. The van der Waals surface area contributed by atoms with Crippen LogP contribution < -0.4 is 16.9 Å². The molecule has 0 aromatic carbocycles. The van der Waals surface area contributed by atoms with E-state index in [9.17, 15) is 4.79 Å². The largest absolute Gasteiger partial charge is 0.368 e. The lowest BCUT2D eigenvalue weighted by Gasteiger charge is -2.05. The Hall–Kier alpha value is -1.30. The van der Waals surface area contributed by atoms with Gasteiger partial charge in [-0.15, -0.1) is 0 Å². The van der Waals surface area contributed by atoms with Crippen molar-refractivity contribution in [1.82, 2.24) is 5.48 Å². The third-order valence-electron chi connectivity index (χ3n) is 1.12. The van der Waals surface area contributed by atoms with Gasteiger partial charge < -0.3 is 11.5 Å². The average molecular weight is 160 g/mol. The molecular weight excluding hydrogens is 148 g/mol. The number of carbonyl (C=O) groups is 1. The molecule has 0 spiro atoms. The minimum atomic E-state index is -0.672. The summed E-state index contributed by atoms with van der Waals surface area (Å²) < 4.78 is 0. The van der Waals surface area contributed by atoms with Gasteiger partial charge >= 0.3 is 0 Å². The SMILES string of the molecule is CCC(N=C(N)NO)C(N)=O. The van der Waals surface area contributed by atoms with Gasteiger partial charge in [-0.1, -0.05) is 6.92 Å². The maximum absolute atomic E-state index is 10.5. The fourth-order valence-corrected chi connectivity index (χ4v) is 0.553. The summed E-state index contributed by atoms with van der Waals surface area (Å²) in [5, 5.41) is 8.20. The number of rotatable bonds is 3. The van der Waals surface area contributed by atoms with E-state index < -0.39 is 11.9 Å². The number of hydrogen-bond donors (Lipinski definition) is 4. The van der Waals surface area contributed by atoms with Crippen LogP contribution in [0.3, 0.4) is 0 Å². The highest BCUT2D eigenvalue weighted by atomic mass is 16.5. The van der Waals surface area contributed by atoms with Gasteiger partial charge in [0.1, 0.15) is 6.04 Å². The highest BCUT2D eigenvalue weighted by Gasteiger charge is 2.10. The van der Waals surface area contributed by atoms with Crippen LogP contribution in [0.1, 0.15) is 13.3 Å². The highest BCUT2D eigenvalue weighted by molar-refractivity contribution is 5.84. The summed E-state index contributed by atoms with van der Waals surface area (Å²) in [4.78, 5) is 14.1. The Balaban J connectivity index is 4.17. The number of guanidine groups is 1. The smallest absolute Gasteiger partial charge is 0.242 e. The van der Waals surface area contributed by atoms with Crippen molar-refractivity contribution in [2.45, 2.75) is 19.4 Å². The molecule has 1 amide bonds. The first-order valence-electron chi connectivity index (χ1n) is 3.14. The van der Waals surface area contributed by atoms with Gasteiger partial charge in [-0.2, -0.15) is 0 Å². The molecule has 6 N–H and O–H groups in total. The fourth-order valence-electron chi connectivity index (χ4n) is 0.553. The summed E-state index contributed by atoms with van der Waals surface area (Å²) in [6.07, 6.45) is 0.456. The van der Waals surface area contributed by atoms with E-state index in [0.717, 1.165) is 0 Å². The van der Waals surface area contributed by atoms with Crippen LogP contribution in [0, 0.1) is 0 Å². The molecule has 0 saturated heterocycles. The molecular formula is C5H12N4O2. The van der Waals surface area contributed by atoms with E-state index in [-0.39, 0.29) is 5.96 Å². The molecule has 0 bridgehead atoms. The van der Waals surface area contributed by atoms with Gasteiger partial charge in [-0.25, -0.2) is 10.5 Å². The van der Waals surface area contributed by atoms with Gasteiger partial charge in [0.15, 0.2) is 0 Å². The van der Waals surface area contributed by atoms with Crippen molar-refractivity contribution >= 4 is 11.9 Å². The number of nitrogens with one attached hydrogen (secondary N) is 1. The van der Waals surface area contributed by atoms with Crippen LogP contribution in [-0.4, -0.2) is 23.1 Å². The van der Waals surface area contributed by atoms with E-state index in [0.29, 0.717) is 6.42 Å². The normalized spacial score (nSPS) is 14.2. The predicted molar refractivity (Wildman–Crippen MR) is 39.8 cm³/mol. The van der Waals surface area contributed by atoms with Gasteiger partial charge in [0, 0.05) is 0 Å². The van der Waals surface area contributed by atoms with Gasteiger partial charge in [0.25, 0.3) is 0 Å². The number of carbonyl (C=O) groups excluding carboxylic acids is 1. The Labute approximate surface area is 64.2 Å². The number of nitrogens with two attached hydrogens (primary N) is 2. The van der Waals surface area contributed by atoms with Crippen molar-refractivity contribution in [2.24, 2.45) is 16.5 Å². The Morgan fingerprint density at radius 3 is 2.55 bits per heavy atom. The van der Waals surface area contributed by atoms with E-state index >= 15 is 0 Å². The topological polar surface area (TPSA) is 114 Å². The summed E-state index contributed by atoms with van der Waals surface area (Å²) in [7, 11) is 0. The van der Waals surface area contributed by atoms with Crippen molar-refractivity contribution in [3.8, 4) is 0 Å².